The minimum absolute atomic E-state index is 0.0189. The third kappa shape index (κ3) is 2.43. The van der Waals surface area contributed by atoms with Gasteiger partial charge in [0, 0.05) is 30.4 Å². The maximum atomic E-state index is 13.5. The lowest BCUT2D eigenvalue weighted by molar-refractivity contribution is 0.304. The minimum Gasteiger partial charge on any atom is -0.352 e. The predicted molar refractivity (Wildman–Crippen MR) is 85.5 cm³/mol. The molecule has 0 radical (unpaired) electrons. The molecule has 0 fully saturated rings. The normalized spacial score (nSPS) is 18.3. The number of nitrogens with zero attached hydrogens (tertiary/aromatic N) is 3. The van der Waals surface area contributed by atoms with Crippen LogP contribution in [0.1, 0.15) is 18.1 Å². The van der Waals surface area contributed by atoms with Crippen molar-refractivity contribution < 1.29 is 8.78 Å². The Morgan fingerprint density at radius 1 is 1.05 bits per heavy atom. The second-order valence-corrected chi connectivity index (χ2v) is 5.59. The third-order valence-corrected chi connectivity index (χ3v) is 4.37. The molecule has 0 bridgehead atoms. The SMILES string of the molecule is CC1N(C)C(c2ccnc(F)c2)=C(c2ccc(F)cc2)N1S. The zero-order valence-electron chi connectivity index (χ0n) is 12.2. The molecule has 1 aromatic carbocycles. The van der Waals surface area contributed by atoms with E-state index in [1.807, 2.05) is 18.9 Å². The zero-order valence-corrected chi connectivity index (χ0v) is 13.1. The number of pyridine rings is 1. The second kappa shape index (κ2) is 5.61. The summed E-state index contributed by atoms with van der Waals surface area (Å²) in [5.41, 5.74) is 3.16. The molecule has 6 heteroatoms. The number of halogens is 2. The fraction of sp³-hybridized carbons (Fsp3) is 0.188. The molecule has 1 aliphatic heterocycles. The average Bonchev–Trinajstić information content (AvgIpc) is 2.72. The maximum Gasteiger partial charge on any atom is 0.213 e. The summed E-state index contributed by atoms with van der Waals surface area (Å²) < 4.78 is 28.5. The van der Waals surface area contributed by atoms with Crippen LogP contribution in [0.15, 0.2) is 42.6 Å². The summed E-state index contributed by atoms with van der Waals surface area (Å²) in [5, 5.41) is 0. The molecule has 0 saturated heterocycles. The van der Waals surface area contributed by atoms with Crippen molar-refractivity contribution in [3.05, 3.63) is 65.5 Å². The van der Waals surface area contributed by atoms with Gasteiger partial charge in [-0.25, -0.2) is 9.37 Å². The summed E-state index contributed by atoms with van der Waals surface area (Å²) in [7, 11) is 1.91. The van der Waals surface area contributed by atoms with Crippen molar-refractivity contribution in [1.82, 2.24) is 14.2 Å². The molecular formula is C16H15F2N3S. The Bertz CT molecular complexity index is 730. The van der Waals surface area contributed by atoms with Crippen LogP contribution in [-0.4, -0.2) is 27.4 Å². The van der Waals surface area contributed by atoms with Crippen LogP contribution in [0.3, 0.4) is 0 Å². The van der Waals surface area contributed by atoms with E-state index < -0.39 is 5.95 Å². The summed E-state index contributed by atoms with van der Waals surface area (Å²) in [5.74, 6) is -0.840. The van der Waals surface area contributed by atoms with E-state index in [0.29, 0.717) is 5.56 Å². The molecule has 0 saturated carbocycles. The molecule has 1 aliphatic rings. The van der Waals surface area contributed by atoms with Gasteiger partial charge in [-0.05, 0) is 37.3 Å². The van der Waals surface area contributed by atoms with Gasteiger partial charge in [-0.15, -0.1) is 0 Å². The third-order valence-electron chi connectivity index (χ3n) is 3.84. The van der Waals surface area contributed by atoms with Crippen LogP contribution >= 0.6 is 12.8 Å². The Morgan fingerprint density at radius 2 is 1.73 bits per heavy atom. The van der Waals surface area contributed by atoms with Crippen molar-refractivity contribution in [2.45, 2.75) is 13.1 Å². The molecule has 2 aromatic rings. The summed E-state index contributed by atoms with van der Waals surface area (Å²) in [6.45, 7) is 1.99. The zero-order chi connectivity index (χ0) is 15.9. The fourth-order valence-electron chi connectivity index (χ4n) is 2.58. The van der Waals surface area contributed by atoms with Crippen molar-refractivity contribution >= 4 is 24.2 Å². The van der Waals surface area contributed by atoms with Crippen LogP contribution in [0.2, 0.25) is 0 Å². The minimum atomic E-state index is -0.540. The summed E-state index contributed by atoms with van der Waals surface area (Å²) in [6, 6.07) is 9.32. The Hall–Kier alpha value is -2.08. The molecule has 0 N–H and O–H groups in total. The van der Waals surface area contributed by atoms with Crippen LogP contribution in [0.5, 0.6) is 0 Å². The molecule has 1 unspecified atom stereocenters. The molecule has 1 aromatic heterocycles. The molecule has 22 heavy (non-hydrogen) atoms. The number of hydrogen-bond donors (Lipinski definition) is 1. The standard InChI is InChI=1S/C16H15F2N3S/c1-10-20(2)15(12-7-8-19-14(18)9-12)16(21(10)22)11-3-5-13(17)6-4-11/h3-10,22H,1-2H3. The van der Waals surface area contributed by atoms with E-state index >= 15 is 0 Å². The van der Waals surface area contributed by atoms with Gasteiger partial charge < -0.3 is 4.90 Å². The van der Waals surface area contributed by atoms with Gasteiger partial charge >= 0.3 is 0 Å². The van der Waals surface area contributed by atoms with E-state index in [4.69, 9.17) is 0 Å². The molecule has 1 atom stereocenters. The Morgan fingerprint density at radius 3 is 2.36 bits per heavy atom. The van der Waals surface area contributed by atoms with E-state index in [1.54, 1.807) is 22.5 Å². The van der Waals surface area contributed by atoms with Crippen LogP contribution in [0, 0.1) is 11.8 Å². The highest BCUT2D eigenvalue weighted by Crippen LogP contribution is 2.41. The van der Waals surface area contributed by atoms with Gasteiger partial charge in [-0.1, -0.05) is 12.8 Å². The van der Waals surface area contributed by atoms with Gasteiger partial charge in [-0.2, -0.15) is 4.39 Å². The number of aromatic nitrogens is 1. The molecule has 3 rings (SSSR count). The quantitative estimate of drug-likeness (QED) is 0.674. The number of rotatable bonds is 2. The fourth-order valence-corrected chi connectivity index (χ4v) is 2.95. The monoisotopic (exact) mass is 319 g/mol. The second-order valence-electron chi connectivity index (χ2n) is 5.16. The van der Waals surface area contributed by atoms with Crippen LogP contribution in [-0.2, 0) is 0 Å². The van der Waals surface area contributed by atoms with Gasteiger partial charge in [0.25, 0.3) is 0 Å². The van der Waals surface area contributed by atoms with Gasteiger partial charge in [0.05, 0.1) is 11.4 Å². The van der Waals surface area contributed by atoms with Crippen molar-refractivity contribution in [1.29, 1.82) is 0 Å². The van der Waals surface area contributed by atoms with Gasteiger partial charge in [0.2, 0.25) is 5.95 Å². The highest BCUT2D eigenvalue weighted by atomic mass is 32.1. The molecule has 114 valence electrons. The molecule has 3 nitrogen and oxygen atoms in total. The summed E-state index contributed by atoms with van der Waals surface area (Å²) in [6.07, 6.45) is 1.41. The van der Waals surface area contributed by atoms with Crippen molar-refractivity contribution in [3.8, 4) is 0 Å². The summed E-state index contributed by atoms with van der Waals surface area (Å²) in [4.78, 5) is 5.59. The van der Waals surface area contributed by atoms with E-state index in [2.05, 4.69) is 17.8 Å². The van der Waals surface area contributed by atoms with Crippen LogP contribution in [0.4, 0.5) is 8.78 Å². The van der Waals surface area contributed by atoms with E-state index in [0.717, 1.165) is 17.0 Å². The van der Waals surface area contributed by atoms with E-state index in [-0.39, 0.29) is 12.0 Å². The topological polar surface area (TPSA) is 19.4 Å². The summed E-state index contributed by atoms with van der Waals surface area (Å²) >= 11 is 4.55. The van der Waals surface area contributed by atoms with Gasteiger partial charge in [-0.3, -0.25) is 4.31 Å². The average molecular weight is 319 g/mol. The van der Waals surface area contributed by atoms with Crippen molar-refractivity contribution in [3.63, 3.8) is 0 Å². The highest BCUT2D eigenvalue weighted by molar-refractivity contribution is 7.78. The van der Waals surface area contributed by atoms with E-state index in [9.17, 15) is 8.78 Å². The number of hydrogen-bond acceptors (Lipinski definition) is 4. The van der Waals surface area contributed by atoms with Crippen molar-refractivity contribution in [2.24, 2.45) is 0 Å². The van der Waals surface area contributed by atoms with Crippen LogP contribution < -0.4 is 0 Å². The molecule has 2 heterocycles. The first-order valence-corrected chi connectivity index (χ1v) is 7.22. The number of thiol groups is 1. The van der Waals surface area contributed by atoms with Crippen LogP contribution in [0.25, 0.3) is 11.4 Å². The first kappa shape index (κ1) is 14.8. The Kier molecular flexibility index (Phi) is 3.78. The molecular weight excluding hydrogens is 304 g/mol. The van der Waals surface area contributed by atoms with Crippen molar-refractivity contribution in [2.75, 3.05) is 7.05 Å². The molecule has 0 amide bonds. The number of benzene rings is 1. The first-order chi connectivity index (χ1) is 10.5. The lowest BCUT2D eigenvalue weighted by Gasteiger charge is -2.25. The lowest BCUT2D eigenvalue weighted by atomic mass is 10.1. The largest absolute Gasteiger partial charge is 0.352 e. The van der Waals surface area contributed by atoms with Gasteiger partial charge in [0.1, 0.15) is 12.0 Å². The highest BCUT2D eigenvalue weighted by Gasteiger charge is 2.33. The molecule has 0 aliphatic carbocycles. The van der Waals surface area contributed by atoms with E-state index in [1.165, 1.54) is 24.4 Å². The Balaban J connectivity index is 2.20. The van der Waals surface area contributed by atoms with Gasteiger partial charge in [0.15, 0.2) is 0 Å². The lowest BCUT2D eigenvalue weighted by Crippen LogP contribution is -2.29. The smallest absolute Gasteiger partial charge is 0.213 e. The molecule has 0 spiro atoms. The first-order valence-electron chi connectivity index (χ1n) is 6.82. The maximum absolute atomic E-state index is 13.5. The Labute approximate surface area is 133 Å². The predicted octanol–water partition coefficient (Wildman–Crippen LogP) is 3.62.